The Morgan fingerprint density at radius 2 is 1.07 bits per heavy atom. The largest absolute Gasteiger partial charge is 0.308 e. The lowest BCUT2D eigenvalue weighted by Gasteiger charge is -2.43. The molecular formula is C53H47NS. The molecule has 0 bridgehead atoms. The van der Waals surface area contributed by atoms with Gasteiger partial charge in [0.05, 0.1) is 16.1 Å². The second-order valence-corrected chi connectivity index (χ2v) is 18.6. The summed E-state index contributed by atoms with van der Waals surface area (Å²) in [6, 6.07) is 57.1. The van der Waals surface area contributed by atoms with Gasteiger partial charge in [-0.3, -0.25) is 0 Å². The van der Waals surface area contributed by atoms with Gasteiger partial charge in [-0.05, 0) is 110 Å². The molecule has 270 valence electrons. The second kappa shape index (κ2) is 12.3. The van der Waals surface area contributed by atoms with Crippen molar-refractivity contribution < 1.29 is 0 Å². The molecule has 0 N–H and O–H groups in total. The van der Waals surface area contributed by atoms with Crippen LogP contribution in [-0.4, -0.2) is 0 Å². The molecule has 8 aromatic rings. The van der Waals surface area contributed by atoms with Crippen LogP contribution in [0.2, 0.25) is 0 Å². The molecule has 2 aliphatic rings. The maximum Gasteiger partial charge on any atom is 0.0640 e. The number of hydrogen-bond acceptors (Lipinski definition) is 2. The van der Waals surface area contributed by atoms with Crippen LogP contribution in [-0.2, 0) is 16.2 Å². The van der Waals surface area contributed by atoms with Gasteiger partial charge in [-0.1, -0.05) is 157 Å². The fourth-order valence-corrected chi connectivity index (χ4v) is 11.1. The average molecular weight is 730 g/mol. The van der Waals surface area contributed by atoms with E-state index in [1.165, 1.54) is 100 Å². The molecule has 1 nitrogen and oxygen atoms in total. The molecule has 0 atom stereocenters. The molecule has 7 aromatic carbocycles. The van der Waals surface area contributed by atoms with Crippen LogP contribution >= 0.6 is 11.3 Å². The van der Waals surface area contributed by atoms with Gasteiger partial charge in [0.2, 0.25) is 0 Å². The van der Waals surface area contributed by atoms with Gasteiger partial charge in [0.15, 0.2) is 0 Å². The first-order valence-corrected chi connectivity index (χ1v) is 20.6. The third-order valence-electron chi connectivity index (χ3n) is 12.9. The average Bonchev–Trinajstić information content (AvgIpc) is 3.69. The van der Waals surface area contributed by atoms with E-state index in [9.17, 15) is 0 Å². The normalized spacial score (nSPS) is 16.1. The monoisotopic (exact) mass is 729 g/mol. The molecule has 55 heavy (non-hydrogen) atoms. The van der Waals surface area contributed by atoms with Crippen molar-refractivity contribution in [3.63, 3.8) is 0 Å². The zero-order valence-electron chi connectivity index (χ0n) is 32.7. The molecule has 0 saturated heterocycles. The lowest BCUT2D eigenvalue weighted by Crippen LogP contribution is -2.34. The number of thiophene rings is 1. The van der Waals surface area contributed by atoms with Crippen molar-refractivity contribution >= 4 is 48.6 Å². The summed E-state index contributed by atoms with van der Waals surface area (Å²) >= 11 is 1.89. The Hall–Kier alpha value is -5.44. The maximum atomic E-state index is 2.53. The van der Waals surface area contributed by atoms with E-state index in [-0.39, 0.29) is 16.2 Å². The number of hydrogen-bond donors (Lipinski definition) is 0. The fourth-order valence-electron chi connectivity index (χ4n) is 9.85. The Balaban J connectivity index is 1.22. The summed E-state index contributed by atoms with van der Waals surface area (Å²) in [5.41, 5.74) is 17.3. The highest BCUT2D eigenvalue weighted by Crippen LogP contribution is 2.55. The Kier molecular flexibility index (Phi) is 7.61. The van der Waals surface area contributed by atoms with E-state index in [0.717, 1.165) is 5.69 Å². The van der Waals surface area contributed by atoms with Gasteiger partial charge in [0.1, 0.15) is 0 Å². The van der Waals surface area contributed by atoms with Crippen LogP contribution in [0.15, 0.2) is 152 Å². The molecule has 0 unspecified atom stereocenters. The van der Waals surface area contributed by atoms with E-state index in [0.29, 0.717) is 0 Å². The number of fused-ring (bicyclic) bond motifs is 7. The summed E-state index contributed by atoms with van der Waals surface area (Å²) in [6.45, 7) is 14.5. The molecule has 2 heteroatoms. The van der Waals surface area contributed by atoms with Crippen LogP contribution < -0.4 is 4.90 Å². The van der Waals surface area contributed by atoms with Crippen LogP contribution in [0.4, 0.5) is 17.1 Å². The molecule has 0 saturated carbocycles. The van der Waals surface area contributed by atoms with E-state index in [2.05, 4.69) is 198 Å². The highest BCUT2D eigenvalue weighted by atomic mass is 32.1. The van der Waals surface area contributed by atoms with Gasteiger partial charge in [-0.25, -0.2) is 0 Å². The van der Waals surface area contributed by atoms with Gasteiger partial charge < -0.3 is 4.90 Å². The van der Waals surface area contributed by atoms with E-state index < -0.39 is 0 Å². The van der Waals surface area contributed by atoms with Crippen LogP contribution in [0, 0.1) is 0 Å². The lowest BCUT2D eigenvalue weighted by molar-refractivity contribution is 0.333. The minimum atomic E-state index is -0.137. The first kappa shape index (κ1) is 34.1. The minimum absolute atomic E-state index is 0.122. The van der Waals surface area contributed by atoms with Crippen molar-refractivity contribution in [1.29, 1.82) is 0 Å². The van der Waals surface area contributed by atoms with E-state index in [1.807, 2.05) is 11.3 Å². The summed E-state index contributed by atoms with van der Waals surface area (Å²) in [4.78, 5) is 2.53. The molecule has 0 aliphatic heterocycles. The maximum absolute atomic E-state index is 2.53. The summed E-state index contributed by atoms with van der Waals surface area (Å²) in [6.07, 6.45) is 2.41. The third-order valence-corrected chi connectivity index (χ3v) is 14.1. The standard InChI is InChI=1S/C53H47NS/c1-51(2)30-31-52(3,4)49-37(20-14-23-44(49)51)34-26-28-35(29-27-34)41-32-42-38-18-10-12-22-43(38)53(5,6)45(42)33-47(41)54(36-16-8-7-9-17-36)46-24-15-21-40-39-19-11-13-25-48(39)55-50(40)46/h7-29,32-33H,30-31H2,1-6H3. The fraction of sp³-hybridized carbons (Fsp3) is 0.208. The molecule has 10 rings (SSSR count). The van der Waals surface area contributed by atoms with Gasteiger partial charge in [0, 0.05) is 32.1 Å². The molecule has 0 radical (unpaired) electrons. The van der Waals surface area contributed by atoms with Crippen LogP contribution in [0.5, 0.6) is 0 Å². The molecular weight excluding hydrogens is 683 g/mol. The Labute approximate surface area is 329 Å². The van der Waals surface area contributed by atoms with Gasteiger partial charge in [0.25, 0.3) is 0 Å². The van der Waals surface area contributed by atoms with Crippen molar-refractivity contribution in [2.75, 3.05) is 4.90 Å². The predicted molar refractivity (Wildman–Crippen MR) is 238 cm³/mol. The SMILES string of the molecule is CC1(C)CCC(C)(C)c2c(-c3ccc(-c4cc5c(cc4N(c4ccccc4)c4cccc6c4sc4ccccc46)C(C)(C)c4ccccc4-5)cc3)cccc21. The number of nitrogens with zero attached hydrogens (tertiary/aromatic N) is 1. The van der Waals surface area contributed by atoms with Gasteiger partial charge in [-0.15, -0.1) is 11.3 Å². The molecule has 0 spiro atoms. The molecule has 2 aliphatic carbocycles. The lowest BCUT2D eigenvalue weighted by atomic mass is 9.61. The third kappa shape index (κ3) is 5.25. The van der Waals surface area contributed by atoms with Gasteiger partial charge >= 0.3 is 0 Å². The topological polar surface area (TPSA) is 3.24 Å². The van der Waals surface area contributed by atoms with Crippen LogP contribution in [0.1, 0.15) is 76.6 Å². The first-order chi connectivity index (χ1) is 26.5. The van der Waals surface area contributed by atoms with Crippen molar-refractivity contribution in [2.45, 2.75) is 70.6 Å². The van der Waals surface area contributed by atoms with Crippen LogP contribution in [0.25, 0.3) is 53.6 Å². The Morgan fingerprint density at radius 3 is 1.87 bits per heavy atom. The number of benzene rings is 7. The Bertz CT molecular complexity index is 2780. The first-order valence-electron chi connectivity index (χ1n) is 19.8. The highest BCUT2D eigenvalue weighted by Gasteiger charge is 2.39. The number of anilines is 3. The van der Waals surface area contributed by atoms with Crippen molar-refractivity contribution in [3.8, 4) is 33.4 Å². The van der Waals surface area contributed by atoms with E-state index in [1.54, 1.807) is 0 Å². The van der Waals surface area contributed by atoms with Crippen molar-refractivity contribution in [3.05, 3.63) is 174 Å². The summed E-state index contributed by atoms with van der Waals surface area (Å²) < 4.78 is 2.62. The summed E-state index contributed by atoms with van der Waals surface area (Å²) in [5, 5.41) is 2.62. The van der Waals surface area contributed by atoms with Gasteiger partial charge in [-0.2, -0.15) is 0 Å². The minimum Gasteiger partial charge on any atom is -0.308 e. The molecule has 0 amide bonds. The molecule has 0 fully saturated rings. The van der Waals surface area contributed by atoms with Crippen molar-refractivity contribution in [2.24, 2.45) is 0 Å². The quantitative estimate of drug-likeness (QED) is 0.170. The Morgan fingerprint density at radius 1 is 0.455 bits per heavy atom. The molecule has 1 aromatic heterocycles. The predicted octanol–water partition coefficient (Wildman–Crippen LogP) is 15.5. The van der Waals surface area contributed by atoms with Crippen LogP contribution in [0.3, 0.4) is 0 Å². The number of para-hydroxylation sites is 1. The smallest absolute Gasteiger partial charge is 0.0640 e. The summed E-state index contributed by atoms with van der Waals surface area (Å²) in [7, 11) is 0. The molecule has 1 heterocycles. The van der Waals surface area contributed by atoms with Crippen molar-refractivity contribution in [1.82, 2.24) is 0 Å². The van der Waals surface area contributed by atoms with E-state index >= 15 is 0 Å². The second-order valence-electron chi connectivity index (χ2n) is 17.6. The summed E-state index contributed by atoms with van der Waals surface area (Å²) in [5.74, 6) is 0. The zero-order valence-corrected chi connectivity index (χ0v) is 33.5. The van der Waals surface area contributed by atoms with E-state index in [4.69, 9.17) is 0 Å². The number of rotatable bonds is 5. The zero-order chi connectivity index (χ0) is 37.7. The highest BCUT2D eigenvalue weighted by molar-refractivity contribution is 7.26.